The van der Waals surface area contributed by atoms with Crippen LogP contribution in [0.4, 0.5) is 0 Å². The number of hydrogen-bond donors (Lipinski definition) is 1. The largest absolute Gasteiger partial charge is 0.489 e. The summed E-state index contributed by atoms with van der Waals surface area (Å²) in [6.45, 7) is 0.313. The minimum Gasteiger partial charge on any atom is -0.489 e. The number of H-pyrrole nitrogens is 1. The lowest BCUT2D eigenvalue weighted by molar-refractivity contribution is 0.305. The summed E-state index contributed by atoms with van der Waals surface area (Å²) in [7, 11) is 0. The minimum absolute atomic E-state index is 0.155. The lowest BCUT2D eigenvalue weighted by atomic mass is 10.2. The molecule has 2 heterocycles. The first-order valence-electron chi connectivity index (χ1n) is 9.26. The van der Waals surface area contributed by atoms with Crippen LogP contribution in [0.25, 0.3) is 16.7 Å². The SMILES string of the molecule is O=c1cc(OCc2ccccc2Cl)ccn1-c1ccc2nc(C3CC3)[nH]c2c1. The smallest absolute Gasteiger partial charge is 0.258 e. The second-order valence-electron chi connectivity index (χ2n) is 7.05. The summed E-state index contributed by atoms with van der Waals surface area (Å²) in [6.07, 6.45) is 4.12. The van der Waals surface area contributed by atoms with E-state index >= 15 is 0 Å². The molecule has 5 nitrogen and oxygen atoms in total. The first-order chi connectivity index (χ1) is 13.7. The normalized spacial score (nSPS) is 13.8. The second kappa shape index (κ2) is 6.84. The predicted molar refractivity (Wildman–Crippen MR) is 109 cm³/mol. The molecule has 5 rings (SSSR count). The van der Waals surface area contributed by atoms with Gasteiger partial charge in [-0.3, -0.25) is 9.36 Å². The maximum absolute atomic E-state index is 12.6. The highest BCUT2D eigenvalue weighted by Gasteiger charge is 2.26. The summed E-state index contributed by atoms with van der Waals surface area (Å²) in [6, 6.07) is 16.6. The Morgan fingerprint density at radius 1 is 1.14 bits per heavy atom. The molecular formula is C22H18ClN3O2. The van der Waals surface area contributed by atoms with E-state index in [1.54, 1.807) is 16.8 Å². The standard InChI is InChI=1S/C22H18ClN3O2/c23-18-4-2-1-3-15(18)13-28-17-9-10-26(21(27)12-17)16-7-8-19-20(11-16)25-22(24-19)14-5-6-14/h1-4,7-12,14H,5-6,13H2,(H,24,25). The summed E-state index contributed by atoms with van der Waals surface area (Å²) in [5, 5.41) is 0.647. The summed E-state index contributed by atoms with van der Waals surface area (Å²) < 4.78 is 7.33. The third-order valence-electron chi connectivity index (χ3n) is 4.97. The number of aromatic nitrogens is 3. The number of hydrogen-bond acceptors (Lipinski definition) is 3. The van der Waals surface area contributed by atoms with Crippen molar-refractivity contribution in [2.75, 3.05) is 0 Å². The topological polar surface area (TPSA) is 59.9 Å². The highest BCUT2D eigenvalue weighted by molar-refractivity contribution is 6.31. The number of ether oxygens (including phenoxy) is 1. The molecular weight excluding hydrogens is 374 g/mol. The van der Waals surface area contributed by atoms with E-state index in [4.69, 9.17) is 16.3 Å². The molecule has 140 valence electrons. The molecule has 2 aromatic carbocycles. The number of aromatic amines is 1. The van der Waals surface area contributed by atoms with E-state index in [1.807, 2.05) is 42.5 Å². The van der Waals surface area contributed by atoms with Gasteiger partial charge in [0.15, 0.2) is 0 Å². The number of fused-ring (bicyclic) bond motifs is 1. The average molecular weight is 392 g/mol. The quantitative estimate of drug-likeness (QED) is 0.530. The van der Waals surface area contributed by atoms with Gasteiger partial charge in [0.2, 0.25) is 0 Å². The first kappa shape index (κ1) is 17.1. The van der Waals surface area contributed by atoms with Gasteiger partial charge in [0.05, 0.1) is 16.7 Å². The van der Waals surface area contributed by atoms with E-state index in [0.717, 1.165) is 28.1 Å². The molecule has 1 N–H and O–H groups in total. The van der Waals surface area contributed by atoms with Gasteiger partial charge in [0.25, 0.3) is 5.56 Å². The third kappa shape index (κ3) is 3.29. The molecule has 0 spiro atoms. The third-order valence-corrected chi connectivity index (χ3v) is 5.34. The number of nitrogens with zero attached hydrogens (tertiary/aromatic N) is 2. The van der Waals surface area contributed by atoms with Crippen molar-refractivity contribution in [1.29, 1.82) is 0 Å². The van der Waals surface area contributed by atoms with Crippen molar-refractivity contribution in [1.82, 2.24) is 14.5 Å². The Kier molecular flexibility index (Phi) is 4.17. The molecule has 28 heavy (non-hydrogen) atoms. The monoisotopic (exact) mass is 391 g/mol. The minimum atomic E-state index is -0.155. The fraction of sp³-hybridized carbons (Fsp3) is 0.182. The van der Waals surface area contributed by atoms with Crippen molar-refractivity contribution in [3.05, 3.63) is 87.6 Å². The molecule has 0 aliphatic heterocycles. The zero-order valence-corrected chi connectivity index (χ0v) is 15.8. The summed E-state index contributed by atoms with van der Waals surface area (Å²) in [5.41, 5.74) is 3.40. The van der Waals surface area contributed by atoms with Crippen molar-refractivity contribution in [3.8, 4) is 11.4 Å². The highest BCUT2D eigenvalue weighted by Crippen LogP contribution is 2.39. The molecule has 1 aliphatic rings. The van der Waals surface area contributed by atoms with Gasteiger partial charge in [-0.25, -0.2) is 4.98 Å². The number of halogens is 1. The first-order valence-corrected chi connectivity index (χ1v) is 9.64. The maximum Gasteiger partial charge on any atom is 0.258 e. The molecule has 0 radical (unpaired) electrons. The van der Waals surface area contributed by atoms with E-state index < -0.39 is 0 Å². The predicted octanol–water partition coefficient (Wildman–Crippen LogP) is 4.82. The average Bonchev–Trinajstić information content (AvgIpc) is 3.46. The van der Waals surface area contributed by atoms with E-state index in [1.165, 1.54) is 18.9 Å². The molecule has 1 fully saturated rings. The van der Waals surface area contributed by atoms with Crippen LogP contribution in [0, 0.1) is 0 Å². The Bertz CT molecular complexity index is 1220. The van der Waals surface area contributed by atoms with Gasteiger partial charge in [0.1, 0.15) is 18.2 Å². The molecule has 4 aromatic rings. The zero-order valence-electron chi connectivity index (χ0n) is 15.1. The Morgan fingerprint density at radius 3 is 2.79 bits per heavy atom. The van der Waals surface area contributed by atoms with E-state index in [-0.39, 0.29) is 5.56 Å². The zero-order chi connectivity index (χ0) is 19.1. The van der Waals surface area contributed by atoms with E-state index in [2.05, 4.69) is 9.97 Å². The van der Waals surface area contributed by atoms with Gasteiger partial charge in [0, 0.05) is 28.8 Å². The molecule has 0 bridgehead atoms. The second-order valence-corrected chi connectivity index (χ2v) is 7.46. The van der Waals surface area contributed by atoms with Crippen molar-refractivity contribution < 1.29 is 4.74 Å². The lowest BCUT2D eigenvalue weighted by Crippen LogP contribution is -2.16. The summed E-state index contributed by atoms with van der Waals surface area (Å²) in [4.78, 5) is 20.6. The number of imidazole rings is 1. The number of pyridine rings is 1. The van der Waals surface area contributed by atoms with Gasteiger partial charge in [-0.1, -0.05) is 29.8 Å². The molecule has 1 saturated carbocycles. The Labute approximate surface area is 166 Å². The van der Waals surface area contributed by atoms with Crippen molar-refractivity contribution in [3.63, 3.8) is 0 Å². The highest BCUT2D eigenvalue weighted by atomic mass is 35.5. The lowest BCUT2D eigenvalue weighted by Gasteiger charge is -2.10. The molecule has 1 aliphatic carbocycles. The van der Waals surface area contributed by atoms with Gasteiger partial charge >= 0.3 is 0 Å². The van der Waals surface area contributed by atoms with Gasteiger partial charge in [-0.05, 0) is 43.2 Å². The Balaban J connectivity index is 1.39. The molecule has 2 aromatic heterocycles. The van der Waals surface area contributed by atoms with Gasteiger partial charge in [-0.2, -0.15) is 0 Å². The van der Waals surface area contributed by atoms with Crippen molar-refractivity contribution >= 4 is 22.6 Å². The van der Waals surface area contributed by atoms with E-state index in [0.29, 0.717) is 23.3 Å². The Hall–Kier alpha value is -3.05. The van der Waals surface area contributed by atoms with Crippen LogP contribution in [-0.2, 0) is 6.61 Å². The molecule has 0 unspecified atom stereocenters. The Morgan fingerprint density at radius 2 is 2.00 bits per heavy atom. The van der Waals surface area contributed by atoms with Crippen molar-refractivity contribution in [2.45, 2.75) is 25.4 Å². The number of benzene rings is 2. The summed E-state index contributed by atoms with van der Waals surface area (Å²) >= 11 is 6.15. The van der Waals surface area contributed by atoms with Crippen molar-refractivity contribution in [2.24, 2.45) is 0 Å². The molecule has 0 saturated heterocycles. The van der Waals surface area contributed by atoms with E-state index in [9.17, 15) is 4.79 Å². The van der Waals surface area contributed by atoms with Crippen LogP contribution in [-0.4, -0.2) is 14.5 Å². The molecule has 0 amide bonds. The van der Waals surface area contributed by atoms with Gasteiger partial charge in [-0.15, -0.1) is 0 Å². The van der Waals surface area contributed by atoms with Crippen LogP contribution in [0.5, 0.6) is 5.75 Å². The van der Waals surface area contributed by atoms with Crippen LogP contribution >= 0.6 is 11.6 Å². The van der Waals surface area contributed by atoms with Crippen LogP contribution < -0.4 is 10.3 Å². The van der Waals surface area contributed by atoms with Crippen LogP contribution in [0.3, 0.4) is 0 Å². The van der Waals surface area contributed by atoms with Crippen LogP contribution in [0.2, 0.25) is 5.02 Å². The number of rotatable bonds is 5. The maximum atomic E-state index is 12.6. The summed E-state index contributed by atoms with van der Waals surface area (Å²) in [5.74, 6) is 2.12. The fourth-order valence-corrected chi connectivity index (χ4v) is 3.45. The van der Waals surface area contributed by atoms with Gasteiger partial charge < -0.3 is 9.72 Å². The molecule has 0 atom stereocenters. The fourth-order valence-electron chi connectivity index (χ4n) is 3.26. The molecule has 6 heteroatoms. The number of nitrogens with one attached hydrogen (secondary N) is 1. The van der Waals surface area contributed by atoms with Crippen LogP contribution in [0.15, 0.2) is 65.6 Å². The van der Waals surface area contributed by atoms with Crippen LogP contribution in [0.1, 0.15) is 30.1 Å².